The van der Waals surface area contributed by atoms with Crippen LogP contribution in [0.4, 0.5) is 0 Å². The van der Waals surface area contributed by atoms with E-state index in [0.29, 0.717) is 28.8 Å². The van der Waals surface area contributed by atoms with Gasteiger partial charge in [-0.2, -0.15) is 0 Å². The molecule has 6 heteroatoms. The third kappa shape index (κ3) is 3.84. The number of quaternary nitrogens is 1. The van der Waals surface area contributed by atoms with E-state index >= 15 is 0 Å². The molecule has 4 aliphatic rings. The van der Waals surface area contributed by atoms with Crippen LogP contribution in [0.25, 0.3) is 0 Å². The average Bonchev–Trinajstić information content (AvgIpc) is 3.47. The summed E-state index contributed by atoms with van der Waals surface area (Å²) < 4.78 is 20.5. The second kappa shape index (κ2) is 10.1. The van der Waals surface area contributed by atoms with Crippen LogP contribution in [0.3, 0.4) is 0 Å². The van der Waals surface area contributed by atoms with Gasteiger partial charge < -0.3 is 18.7 Å². The summed E-state index contributed by atoms with van der Waals surface area (Å²) in [7, 11) is 0. The molecule has 0 bridgehead atoms. The second-order valence-corrected chi connectivity index (χ2v) is 12.2. The molecule has 2 spiro atoms. The molecule has 2 heterocycles. The Labute approximate surface area is 241 Å². The van der Waals surface area contributed by atoms with Crippen molar-refractivity contribution < 1.29 is 28.3 Å². The molecule has 2 saturated carbocycles. The minimum absolute atomic E-state index is 0.118. The maximum absolute atomic E-state index is 14.8. The lowest BCUT2D eigenvalue weighted by atomic mass is 9.39. The Kier molecular flexibility index (Phi) is 6.51. The Morgan fingerprint density at radius 3 is 1.98 bits per heavy atom. The normalized spacial score (nSPS) is 27.8. The van der Waals surface area contributed by atoms with Gasteiger partial charge in [0.2, 0.25) is 11.9 Å². The number of rotatable bonds is 9. The van der Waals surface area contributed by atoms with Crippen LogP contribution < -0.4 is 0 Å². The summed E-state index contributed by atoms with van der Waals surface area (Å²) in [5.74, 6) is -0.860. The number of fused-ring (bicyclic) bond motifs is 2. The van der Waals surface area contributed by atoms with Crippen LogP contribution in [-0.4, -0.2) is 47.7 Å². The molecule has 2 aliphatic heterocycles. The summed E-state index contributed by atoms with van der Waals surface area (Å²) in [6, 6.07) is 29.5. The van der Waals surface area contributed by atoms with Gasteiger partial charge in [-0.05, 0) is 17.5 Å². The maximum Gasteiger partial charge on any atom is 0.348 e. The molecule has 2 saturated heterocycles. The van der Waals surface area contributed by atoms with Crippen molar-refractivity contribution in [1.29, 1.82) is 0 Å². The van der Waals surface area contributed by atoms with E-state index in [1.807, 2.05) is 91.0 Å². The highest BCUT2D eigenvalue weighted by molar-refractivity contribution is 5.86. The van der Waals surface area contributed by atoms with E-state index in [1.165, 1.54) is 36.8 Å². The highest BCUT2D eigenvalue weighted by Gasteiger charge is 2.86. The van der Waals surface area contributed by atoms with E-state index in [2.05, 4.69) is 0 Å². The fourth-order valence-electron chi connectivity index (χ4n) is 8.61. The molecular formula is C35H38NO5+. The van der Waals surface area contributed by atoms with Gasteiger partial charge in [-0.25, -0.2) is 4.79 Å². The summed E-state index contributed by atoms with van der Waals surface area (Å²) >= 11 is 0. The largest absolute Gasteiger partial charge is 0.458 e. The van der Waals surface area contributed by atoms with Crippen LogP contribution in [0.15, 0.2) is 91.0 Å². The van der Waals surface area contributed by atoms with Gasteiger partial charge in [0.05, 0.1) is 13.1 Å². The van der Waals surface area contributed by atoms with Crippen molar-refractivity contribution in [3.05, 3.63) is 108 Å². The molecule has 4 fully saturated rings. The molecule has 0 aromatic heterocycles. The quantitative estimate of drug-likeness (QED) is 0.184. The Hall–Kier alpha value is -3.48. The Balaban J connectivity index is 1.28. The Bertz CT molecular complexity index is 1350. The lowest BCUT2D eigenvalue weighted by molar-refractivity contribution is -1.05. The number of hydrogen-bond donors (Lipinski definition) is 0. The zero-order chi connectivity index (χ0) is 28.1. The van der Waals surface area contributed by atoms with Gasteiger partial charge >= 0.3 is 11.9 Å². The molecule has 5 atom stereocenters. The maximum atomic E-state index is 14.8. The molecular weight excluding hydrogens is 514 g/mol. The van der Waals surface area contributed by atoms with Gasteiger partial charge in [-0.3, -0.25) is 4.79 Å². The molecule has 2 aliphatic carbocycles. The van der Waals surface area contributed by atoms with Crippen LogP contribution in [0.2, 0.25) is 0 Å². The highest BCUT2D eigenvalue weighted by atomic mass is 16.7. The molecule has 7 rings (SSSR count). The highest BCUT2D eigenvalue weighted by Crippen LogP contribution is 2.73. The molecule has 5 unspecified atom stereocenters. The number of carbonyl (C=O) groups excluding carboxylic acids is 2. The zero-order valence-electron chi connectivity index (χ0n) is 23.6. The molecule has 0 N–H and O–H groups in total. The van der Waals surface area contributed by atoms with Gasteiger partial charge in [-0.15, -0.1) is 0 Å². The van der Waals surface area contributed by atoms with Crippen LogP contribution in [0.5, 0.6) is 0 Å². The summed E-state index contributed by atoms with van der Waals surface area (Å²) in [4.78, 5) is 27.4. The van der Waals surface area contributed by atoms with Gasteiger partial charge in [0.15, 0.2) is 0 Å². The van der Waals surface area contributed by atoms with Gasteiger partial charge in [0.1, 0.15) is 23.6 Å². The monoisotopic (exact) mass is 552 g/mol. The lowest BCUT2D eigenvalue weighted by Gasteiger charge is -2.80. The number of ether oxygens (including phenoxy) is 3. The SMILES string of the molecule is CCC(=O)OC(OC(C(=O)OC1CC2C13CCC3[N+]21CCCC1)(c1ccccc1)c1ccccc1)c1ccccc1. The van der Waals surface area contributed by atoms with Gasteiger partial charge in [-0.1, -0.05) is 97.9 Å². The van der Waals surface area contributed by atoms with Crippen molar-refractivity contribution in [2.24, 2.45) is 5.41 Å². The molecule has 41 heavy (non-hydrogen) atoms. The van der Waals surface area contributed by atoms with Crippen molar-refractivity contribution in [2.45, 2.75) is 75.5 Å². The van der Waals surface area contributed by atoms with Crippen LogP contribution in [0.1, 0.15) is 68.4 Å². The average molecular weight is 553 g/mol. The van der Waals surface area contributed by atoms with E-state index in [0.717, 1.165) is 12.8 Å². The molecule has 0 amide bonds. The number of carbonyl (C=O) groups is 2. The van der Waals surface area contributed by atoms with Crippen molar-refractivity contribution in [1.82, 2.24) is 0 Å². The smallest absolute Gasteiger partial charge is 0.348 e. The topological polar surface area (TPSA) is 61.8 Å². The fourth-order valence-corrected chi connectivity index (χ4v) is 8.61. The summed E-state index contributed by atoms with van der Waals surface area (Å²) in [6.07, 6.45) is 4.85. The number of esters is 2. The third-order valence-corrected chi connectivity index (χ3v) is 10.5. The fraction of sp³-hybridized carbons (Fsp3) is 0.429. The number of hydrogen-bond acceptors (Lipinski definition) is 5. The van der Waals surface area contributed by atoms with Crippen molar-refractivity contribution in [3.8, 4) is 0 Å². The van der Waals surface area contributed by atoms with E-state index in [4.69, 9.17) is 14.2 Å². The first-order valence-electron chi connectivity index (χ1n) is 15.2. The predicted molar refractivity (Wildman–Crippen MR) is 153 cm³/mol. The first-order chi connectivity index (χ1) is 20.0. The van der Waals surface area contributed by atoms with E-state index < -0.39 is 23.8 Å². The van der Waals surface area contributed by atoms with Crippen molar-refractivity contribution >= 4 is 11.9 Å². The van der Waals surface area contributed by atoms with E-state index in [1.54, 1.807) is 6.92 Å². The first kappa shape index (κ1) is 26.4. The van der Waals surface area contributed by atoms with Crippen LogP contribution >= 0.6 is 0 Å². The first-order valence-corrected chi connectivity index (χ1v) is 15.2. The van der Waals surface area contributed by atoms with E-state index in [9.17, 15) is 9.59 Å². The molecule has 6 nitrogen and oxygen atoms in total. The lowest BCUT2D eigenvalue weighted by Crippen LogP contribution is -2.94. The van der Waals surface area contributed by atoms with Crippen LogP contribution in [0, 0.1) is 5.41 Å². The third-order valence-electron chi connectivity index (χ3n) is 10.5. The minimum atomic E-state index is -1.64. The Morgan fingerprint density at radius 1 is 0.878 bits per heavy atom. The van der Waals surface area contributed by atoms with Crippen LogP contribution in [-0.2, 0) is 29.4 Å². The summed E-state index contributed by atoms with van der Waals surface area (Å²) in [5.41, 5.74) is 0.410. The summed E-state index contributed by atoms with van der Waals surface area (Å²) in [6.45, 7) is 4.30. The zero-order valence-corrected chi connectivity index (χ0v) is 23.6. The Morgan fingerprint density at radius 2 is 1.46 bits per heavy atom. The van der Waals surface area contributed by atoms with E-state index in [-0.39, 0.29) is 17.9 Å². The minimum Gasteiger partial charge on any atom is -0.458 e. The van der Waals surface area contributed by atoms with Gasteiger partial charge in [0.25, 0.3) is 0 Å². The summed E-state index contributed by atoms with van der Waals surface area (Å²) in [5, 5.41) is 0. The number of piperidine rings is 2. The molecule has 3 aromatic rings. The standard InChI is InChI=1S/C35H38NO5/c1-2-31(37)40-32(25-14-6-3-7-15-25)41-35(26-16-8-4-9-17-26,27-18-10-5-11-19-27)33(38)39-30-24-29-34(30)21-20-28(34)36(29)22-12-13-23-36/h3-11,14-19,28-30,32H,2,12-13,20-24H2,1H3/q+1. The molecule has 0 radical (unpaired) electrons. The molecule has 3 aromatic carbocycles. The van der Waals surface area contributed by atoms with Gasteiger partial charge in [0, 0.05) is 37.7 Å². The van der Waals surface area contributed by atoms with Crippen molar-refractivity contribution in [3.63, 3.8) is 0 Å². The predicted octanol–water partition coefficient (Wildman–Crippen LogP) is 6.06. The number of benzene rings is 3. The second-order valence-electron chi connectivity index (χ2n) is 12.2. The number of nitrogens with zero attached hydrogens (tertiary/aromatic N) is 1. The van der Waals surface area contributed by atoms with Crippen molar-refractivity contribution in [2.75, 3.05) is 13.1 Å². The molecule has 212 valence electrons.